The molecule has 0 bridgehead atoms. The molecule has 122 valence electrons. The number of para-hydroxylation sites is 2. The van der Waals surface area contributed by atoms with Crippen LogP contribution in [0.15, 0.2) is 42.5 Å². The van der Waals surface area contributed by atoms with Gasteiger partial charge in [-0.1, -0.05) is 23.7 Å². The first kappa shape index (κ1) is 15.9. The van der Waals surface area contributed by atoms with Crippen molar-refractivity contribution in [3.63, 3.8) is 0 Å². The molecule has 0 saturated carbocycles. The third kappa shape index (κ3) is 2.59. The summed E-state index contributed by atoms with van der Waals surface area (Å²) in [7, 11) is 0. The van der Waals surface area contributed by atoms with Crippen molar-refractivity contribution in [1.82, 2.24) is 0 Å². The van der Waals surface area contributed by atoms with Gasteiger partial charge in [0.2, 0.25) is 5.91 Å². The summed E-state index contributed by atoms with van der Waals surface area (Å²) < 4.78 is 0. The van der Waals surface area contributed by atoms with E-state index >= 15 is 0 Å². The van der Waals surface area contributed by atoms with Crippen LogP contribution in [0.25, 0.3) is 0 Å². The molecule has 2 amide bonds. The molecule has 1 aliphatic heterocycles. The monoisotopic (exact) mass is 345 g/mol. The number of nitro benzene ring substituents is 1. The molecule has 1 N–H and O–H groups in total. The number of anilines is 2. The third-order valence-corrected chi connectivity index (χ3v) is 4.10. The second-order valence-electron chi connectivity index (χ2n) is 5.28. The molecule has 2 aromatic carbocycles. The molecule has 1 atom stereocenters. The van der Waals surface area contributed by atoms with Crippen molar-refractivity contribution in [1.29, 1.82) is 0 Å². The molecule has 0 aliphatic carbocycles. The molecule has 1 heterocycles. The molecule has 0 unspecified atom stereocenters. The van der Waals surface area contributed by atoms with Crippen molar-refractivity contribution in [2.45, 2.75) is 13.0 Å². The summed E-state index contributed by atoms with van der Waals surface area (Å²) in [4.78, 5) is 36.5. The van der Waals surface area contributed by atoms with E-state index in [9.17, 15) is 19.7 Å². The average molecular weight is 346 g/mol. The van der Waals surface area contributed by atoms with Gasteiger partial charge in [-0.2, -0.15) is 0 Å². The van der Waals surface area contributed by atoms with Gasteiger partial charge in [-0.15, -0.1) is 0 Å². The van der Waals surface area contributed by atoms with E-state index in [0.717, 1.165) is 0 Å². The highest BCUT2D eigenvalue weighted by Crippen LogP contribution is 2.34. The number of halogens is 1. The number of amides is 2. The van der Waals surface area contributed by atoms with Gasteiger partial charge in [0.15, 0.2) is 0 Å². The molecule has 0 fully saturated rings. The van der Waals surface area contributed by atoms with E-state index in [1.54, 1.807) is 31.2 Å². The van der Waals surface area contributed by atoms with Crippen molar-refractivity contribution in [3.05, 3.63) is 63.2 Å². The summed E-state index contributed by atoms with van der Waals surface area (Å²) in [6.07, 6.45) is 0. The Bertz CT molecular complexity index is 868. The number of rotatable bonds is 2. The zero-order chi connectivity index (χ0) is 17.4. The van der Waals surface area contributed by atoms with E-state index in [0.29, 0.717) is 11.4 Å². The summed E-state index contributed by atoms with van der Waals surface area (Å²) in [5.74, 6) is -0.767. The van der Waals surface area contributed by atoms with Crippen molar-refractivity contribution < 1.29 is 14.5 Å². The molecule has 24 heavy (non-hydrogen) atoms. The number of fused-ring (bicyclic) bond motifs is 1. The van der Waals surface area contributed by atoms with Crippen LogP contribution in [0.3, 0.4) is 0 Å². The van der Waals surface area contributed by atoms with Gasteiger partial charge in [-0.05, 0) is 31.2 Å². The molecule has 3 rings (SSSR count). The third-order valence-electron chi connectivity index (χ3n) is 3.80. The predicted molar refractivity (Wildman–Crippen MR) is 89.4 cm³/mol. The lowest BCUT2D eigenvalue weighted by molar-refractivity contribution is -0.384. The van der Waals surface area contributed by atoms with E-state index in [2.05, 4.69) is 5.32 Å². The molecule has 0 spiro atoms. The first-order valence-electron chi connectivity index (χ1n) is 7.07. The Kier molecular flexibility index (Phi) is 3.94. The standard InChI is InChI=1S/C16H12ClN3O4/c1-9-15(21)18-12-4-2-3-5-14(12)19(9)16(22)10-6-7-13(20(23)24)11(17)8-10/h2-9H,1H3,(H,18,21)/t9-/m1/s1. The molecule has 7 nitrogen and oxygen atoms in total. The second-order valence-corrected chi connectivity index (χ2v) is 5.69. The normalized spacial score (nSPS) is 16.3. The Balaban J connectivity index is 2.05. The number of nitrogens with one attached hydrogen (secondary N) is 1. The zero-order valence-electron chi connectivity index (χ0n) is 12.5. The number of carbonyl (C=O) groups is 2. The van der Waals surface area contributed by atoms with Gasteiger partial charge in [0.25, 0.3) is 11.6 Å². The Morgan fingerprint density at radius 1 is 1.29 bits per heavy atom. The topological polar surface area (TPSA) is 92.6 Å². The largest absolute Gasteiger partial charge is 0.322 e. The average Bonchev–Trinajstić information content (AvgIpc) is 2.55. The predicted octanol–water partition coefficient (Wildman–Crippen LogP) is 3.24. The maximum Gasteiger partial charge on any atom is 0.287 e. The summed E-state index contributed by atoms with van der Waals surface area (Å²) >= 11 is 5.88. The fourth-order valence-corrected chi connectivity index (χ4v) is 2.81. The minimum absolute atomic E-state index is 0.131. The maximum absolute atomic E-state index is 12.9. The smallest absolute Gasteiger partial charge is 0.287 e. The van der Waals surface area contributed by atoms with E-state index < -0.39 is 16.9 Å². The minimum Gasteiger partial charge on any atom is -0.322 e. The van der Waals surface area contributed by atoms with Crippen LogP contribution in [-0.4, -0.2) is 22.8 Å². The number of hydrogen-bond donors (Lipinski definition) is 1. The first-order valence-corrected chi connectivity index (χ1v) is 7.45. The molecule has 8 heteroatoms. The summed E-state index contributed by atoms with van der Waals surface area (Å²) in [5.41, 5.74) is 0.978. The Morgan fingerprint density at radius 3 is 2.67 bits per heavy atom. The summed E-state index contributed by atoms with van der Waals surface area (Å²) in [5, 5.41) is 13.4. The van der Waals surface area contributed by atoms with E-state index in [1.807, 2.05) is 0 Å². The fourth-order valence-electron chi connectivity index (χ4n) is 2.56. The Labute approximate surface area is 142 Å². The highest BCUT2D eigenvalue weighted by Gasteiger charge is 2.34. The lowest BCUT2D eigenvalue weighted by Crippen LogP contribution is -2.49. The molecular weight excluding hydrogens is 334 g/mol. The second kappa shape index (κ2) is 5.93. The van der Waals surface area contributed by atoms with Crippen LogP contribution in [-0.2, 0) is 4.79 Å². The number of hydrogen-bond acceptors (Lipinski definition) is 4. The Morgan fingerprint density at radius 2 is 2.00 bits per heavy atom. The number of benzene rings is 2. The van der Waals surface area contributed by atoms with Gasteiger partial charge in [0.05, 0.1) is 16.3 Å². The van der Waals surface area contributed by atoms with Crippen molar-refractivity contribution >= 4 is 40.5 Å². The van der Waals surface area contributed by atoms with Gasteiger partial charge in [-0.25, -0.2) is 0 Å². The van der Waals surface area contributed by atoms with Crippen LogP contribution < -0.4 is 10.2 Å². The maximum atomic E-state index is 12.9. The van der Waals surface area contributed by atoms with Gasteiger partial charge >= 0.3 is 0 Å². The molecule has 2 aromatic rings. The fraction of sp³-hybridized carbons (Fsp3) is 0.125. The lowest BCUT2D eigenvalue weighted by Gasteiger charge is -2.34. The molecule has 0 saturated heterocycles. The van der Waals surface area contributed by atoms with Crippen LogP contribution in [0.1, 0.15) is 17.3 Å². The Hall–Kier alpha value is -2.93. The molecular formula is C16H12ClN3O4. The highest BCUT2D eigenvalue weighted by atomic mass is 35.5. The van der Waals surface area contributed by atoms with Crippen molar-refractivity contribution in [3.8, 4) is 0 Å². The summed E-state index contributed by atoms with van der Waals surface area (Å²) in [6, 6.07) is 9.94. The number of nitrogens with zero attached hydrogens (tertiary/aromatic N) is 2. The number of carbonyl (C=O) groups excluding carboxylic acids is 2. The van der Waals surface area contributed by atoms with Crippen molar-refractivity contribution in [2.75, 3.05) is 10.2 Å². The molecule has 1 aliphatic rings. The van der Waals surface area contributed by atoms with Gasteiger partial charge in [0.1, 0.15) is 11.1 Å². The summed E-state index contributed by atoms with van der Waals surface area (Å²) in [6.45, 7) is 1.61. The van der Waals surface area contributed by atoms with Crippen LogP contribution in [0.5, 0.6) is 0 Å². The van der Waals surface area contributed by atoms with E-state index in [-0.39, 0.29) is 22.2 Å². The first-order chi connectivity index (χ1) is 11.4. The van der Waals surface area contributed by atoms with E-state index in [4.69, 9.17) is 11.6 Å². The quantitative estimate of drug-likeness (QED) is 0.668. The molecule has 0 aromatic heterocycles. The lowest BCUT2D eigenvalue weighted by atomic mass is 10.1. The minimum atomic E-state index is -0.721. The van der Waals surface area contributed by atoms with Gasteiger partial charge in [0, 0.05) is 11.6 Å². The highest BCUT2D eigenvalue weighted by molar-refractivity contribution is 6.33. The molecule has 0 radical (unpaired) electrons. The van der Waals surface area contributed by atoms with Gasteiger partial charge < -0.3 is 5.32 Å². The van der Waals surface area contributed by atoms with E-state index in [1.165, 1.54) is 23.1 Å². The van der Waals surface area contributed by atoms with Crippen LogP contribution >= 0.6 is 11.6 Å². The zero-order valence-corrected chi connectivity index (χ0v) is 13.3. The van der Waals surface area contributed by atoms with Crippen LogP contribution in [0.4, 0.5) is 17.1 Å². The van der Waals surface area contributed by atoms with Crippen LogP contribution in [0, 0.1) is 10.1 Å². The SMILES string of the molecule is C[C@@H]1C(=O)Nc2ccccc2N1C(=O)c1ccc([N+](=O)[O-])c(Cl)c1. The number of nitro groups is 1. The van der Waals surface area contributed by atoms with Gasteiger partial charge in [-0.3, -0.25) is 24.6 Å². The van der Waals surface area contributed by atoms with Crippen LogP contribution in [0.2, 0.25) is 5.02 Å². The van der Waals surface area contributed by atoms with Crippen molar-refractivity contribution in [2.24, 2.45) is 0 Å².